The Morgan fingerprint density at radius 1 is 1.11 bits per heavy atom. The molecule has 0 aromatic heterocycles. The van der Waals surface area contributed by atoms with Gasteiger partial charge in [-0.3, -0.25) is 5.41 Å². The van der Waals surface area contributed by atoms with E-state index in [0.29, 0.717) is 11.1 Å². The highest BCUT2D eigenvalue weighted by Gasteiger charge is 2.08. The molecule has 0 aliphatic rings. The lowest BCUT2D eigenvalue weighted by atomic mass is 10.1. The van der Waals surface area contributed by atoms with Gasteiger partial charge in [0.2, 0.25) is 0 Å². The Morgan fingerprint density at radius 2 is 1.74 bits per heavy atom. The molecule has 0 radical (unpaired) electrons. The summed E-state index contributed by atoms with van der Waals surface area (Å²) in [7, 11) is 0. The number of hydrogen-bond donors (Lipinski definition) is 3. The van der Waals surface area contributed by atoms with Crippen LogP contribution in [0.2, 0.25) is 0 Å². The molecule has 1 atom stereocenters. The van der Waals surface area contributed by atoms with Crippen molar-refractivity contribution < 1.29 is 0 Å². The van der Waals surface area contributed by atoms with Crippen LogP contribution in [-0.4, -0.2) is 5.84 Å². The highest BCUT2D eigenvalue weighted by molar-refractivity contribution is 5.96. The summed E-state index contributed by atoms with van der Waals surface area (Å²) in [5.74, 6) is 0.237. The van der Waals surface area contributed by atoms with Crippen LogP contribution in [0.25, 0.3) is 0 Å². The van der Waals surface area contributed by atoms with E-state index in [2.05, 4.69) is 5.32 Å². The minimum Gasteiger partial charge on any atom is -0.351 e. The number of nitrogens with zero attached hydrogens (tertiary/aromatic N) is 1. The van der Waals surface area contributed by atoms with Crippen molar-refractivity contribution in [3.63, 3.8) is 0 Å². The van der Waals surface area contributed by atoms with E-state index in [1.54, 1.807) is 24.3 Å². The van der Waals surface area contributed by atoms with Crippen molar-refractivity contribution in [3.8, 4) is 6.07 Å². The number of hydrogen-bond acceptors (Lipinski definition) is 3. The minimum atomic E-state index is -0.427. The van der Waals surface area contributed by atoms with Gasteiger partial charge >= 0.3 is 0 Å². The first kappa shape index (κ1) is 12.8. The summed E-state index contributed by atoms with van der Waals surface area (Å²) in [6.07, 6.45) is -0.427. The van der Waals surface area contributed by atoms with E-state index >= 15 is 0 Å². The normalized spacial score (nSPS) is 11.4. The zero-order valence-corrected chi connectivity index (χ0v) is 10.3. The lowest BCUT2D eigenvalue weighted by Gasteiger charge is -2.16. The van der Waals surface area contributed by atoms with Gasteiger partial charge in [-0.05, 0) is 29.8 Å². The summed E-state index contributed by atoms with van der Waals surface area (Å²) in [6, 6.07) is 18.4. The fourth-order valence-corrected chi connectivity index (χ4v) is 1.69. The molecular weight excluding hydrogens is 236 g/mol. The van der Waals surface area contributed by atoms with E-state index in [1.165, 1.54) is 0 Å². The lowest BCUT2D eigenvalue weighted by Crippen LogP contribution is -2.34. The quantitative estimate of drug-likeness (QED) is 0.443. The molecule has 2 rings (SSSR count). The maximum Gasteiger partial charge on any atom is 0.126 e. The molecule has 4 N–H and O–H groups in total. The molecule has 0 saturated carbocycles. The summed E-state index contributed by atoms with van der Waals surface area (Å²) >= 11 is 0. The largest absolute Gasteiger partial charge is 0.351 e. The lowest BCUT2D eigenvalue weighted by molar-refractivity contribution is 0.679. The van der Waals surface area contributed by atoms with Crippen LogP contribution in [0.1, 0.15) is 22.9 Å². The summed E-state index contributed by atoms with van der Waals surface area (Å²) in [4.78, 5) is 0. The first-order valence-corrected chi connectivity index (χ1v) is 5.87. The van der Waals surface area contributed by atoms with E-state index in [0.717, 1.165) is 5.56 Å². The van der Waals surface area contributed by atoms with Crippen molar-refractivity contribution in [2.75, 3.05) is 0 Å². The van der Waals surface area contributed by atoms with Crippen molar-refractivity contribution in [1.82, 2.24) is 5.32 Å². The first-order valence-electron chi connectivity index (χ1n) is 5.87. The van der Waals surface area contributed by atoms with Crippen LogP contribution in [0.5, 0.6) is 0 Å². The molecule has 0 fully saturated rings. The Bertz CT molecular complexity index is 596. The van der Waals surface area contributed by atoms with Gasteiger partial charge in [0, 0.05) is 5.56 Å². The second-order valence-corrected chi connectivity index (χ2v) is 4.10. The molecule has 4 nitrogen and oxygen atoms in total. The van der Waals surface area contributed by atoms with Crippen LogP contribution in [0.3, 0.4) is 0 Å². The van der Waals surface area contributed by atoms with Crippen molar-refractivity contribution in [1.29, 1.82) is 10.7 Å². The van der Waals surface area contributed by atoms with Gasteiger partial charge in [-0.2, -0.15) is 5.26 Å². The van der Waals surface area contributed by atoms with Crippen molar-refractivity contribution in [2.45, 2.75) is 6.17 Å². The summed E-state index contributed by atoms with van der Waals surface area (Å²) < 4.78 is 0. The minimum absolute atomic E-state index is 0.237. The Hall–Kier alpha value is -2.64. The van der Waals surface area contributed by atoms with Crippen molar-refractivity contribution in [2.24, 2.45) is 5.73 Å². The monoisotopic (exact) mass is 250 g/mol. The molecule has 0 saturated heterocycles. The van der Waals surface area contributed by atoms with Gasteiger partial charge in [-0.15, -0.1) is 0 Å². The molecule has 0 spiro atoms. The molecule has 19 heavy (non-hydrogen) atoms. The van der Waals surface area contributed by atoms with Crippen LogP contribution in [-0.2, 0) is 0 Å². The number of nitrogens with one attached hydrogen (secondary N) is 2. The predicted molar refractivity (Wildman–Crippen MR) is 74.5 cm³/mol. The fraction of sp³-hybridized carbons (Fsp3) is 0.0667. The van der Waals surface area contributed by atoms with Gasteiger partial charge in [0.25, 0.3) is 0 Å². The van der Waals surface area contributed by atoms with Gasteiger partial charge in [0.1, 0.15) is 12.0 Å². The van der Waals surface area contributed by atoms with Crippen LogP contribution >= 0.6 is 0 Å². The molecule has 4 heteroatoms. The Labute approximate surface area is 112 Å². The third-order valence-corrected chi connectivity index (χ3v) is 2.76. The number of amidine groups is 1. The number of rotatable bonds is 3. The van der Waals surface area contributed by atoms with Crippen LogP contribution in [0.15, 0.2) is 54.6 Å². The third kappa shape index (κ3) is 3.18. The average molecular weight is 250 g/mol. The van der Waals surface area contributed by atoms with Gasteiger partial charge < -0.3 is 11.1 Å². The maximum absolute atomic E-state index is 8.72. The van der Waals surface area contributed by atoms with E-state index in [4.69, 9.17) is 16.4 Å². The topological polar surface area (TPSA) is 85.7 Å². The SMILES string of the molecule is N#Cc1ccc(C(=N)NC(N)c2ccccc2)cc1. The smallest absolute Gasteiger partial charge is 0.126 e. The van der Waals surface area contributed by atoms with Gasteiger partial charge in [-0.1, -0.05) is 30.3 Å². The second-order valence-electron chi connectivity index (χ2n) is 4.10. The molecule has 2 aromatic rings. The molecule has 94 valence electrons. The predicted octanol–water partition coefficient (Wildman–Crippen LogP) is 2.13. The van der Waals surface area contributed by atoms with Crippen LogP contribution < -0.4 is 11.1 Å². The summed E-state index contributed by atoms with van der Waals surface area (Å²) in [5.41, 5.74) is 8.18. The van der Waals surface area contributed by atoms with Crippen LogP contribution in [0, 0.1) is 16.7 Å². The van der Waals surface area contributed by atoms with Crippen LogP contribution in [0.4, 0.5) is 0 Å². The third-order valence-electron chi connectivity index (χ3n) is 2.76. The molecule has 0 amide bonds. The maximum atomic E-state index is 8.72. The second kappa shape index (κ2) is 5.80. The van der Waals surface area contributed by atoms with Crippen molar-refractivity contribution >= 4 is 5.84 Å². The molecule has 0 aliphatic heterocycles. The van der Waals surface area contributed by atoms with Crippen molar-refractivity contribution in [3.05, 3.63) is 71.3 Å². The molecule has 0 bridgehead atoms. The highest BCUT2D eigenvalue weighted by atomic mass is 15.1. The molecular formula is C15H14N4. The highest BCUT2D eigenvalue weighted by Crippen LogP contribution is 2.08. The fourth-order valence-electron chi connectivity index (χ4n) is 1.69. The summed E-state index contributed by atoms with van der Waals surface area (Å²) in [6.45, 7) is 0. The number of nitriles is 1. The molecule has 0 heterocycles. The number of nitrogens with two attached hydrogens (primary N) is 1. The standard InChI is InChI=1S/C15H14N4/c16-10-11-6-8-13(9-7-11)15(18)19-14(17)12-4-2-1-3-5-12/h1-9,14H,17H2,(H2,18,19). The molecule has 1 unspecified atom stereocenters. The van der Waals surface area contributed by atoms with Gasteiger partial charge in [0.05, 0.1) is 11.6 Å². The zero-order valence-electron chi connectivity index (χ0n) is 10.3. The van der Waals surface area contributed by atoms with E-state index in [9.17, 15) is 0 Å². The van der Waals surface area contributed by atoms with Gasteiger partial charge in [-0.25, -0.2) is 0 Å². The average Bonchev–Trinajstić information content (AvgIpc) is 2.48. The van der Waals surface area contributed by atoms with E-state index in [1.807, 2.05) is 36.4 Å². The summed E-state index contributed by atoms with van der Waals surface area (Å²) in [5, 5.41) is 19.6. The molecule has 0 aliphatic carbocycles. The van der Waals surface area contributed by atoms with Gasteiger partial charge in [0.15, 0.2) is 0 Å². The zero-order chi connectivity index (χ0) is 13.7. The first-order chi connectivity index (χ1) is 9.20. The van der Waals surface area contributed by atoms with E-state index in [-0.39, 0.29) is 5.84 Å². The Kier molecular flexibility index (Phi) is 3.91. The van der Waals surface area contributed by atoms with E-state index < -0.39 is 6.17 Å². The Balaban J connectivity index is 2.06. The molecule has 2 aromatic carbocycles. The number of benzene rings is 2. The Morgan fingerprint density at radius 3 is 2.32 bits per heavy atom.